The van der Waals surface area contributed by atoms with Gasteiger partial charge in [0.05, 0.1) is 30.2 Å². The zero-order valence-electron chi connectivity index (χ0n) is 17.0. The fraction of sp³-hybridized carbons (Fsp3) is 0.100. The number of para-hydroxylation sites is 1. The first kappa shape index (κ1) is 24.7. The van der Waals surface area contributed by atoms with Crippen LogP contribution in [0.5, 0.6) is 5.75 Å². The number of carbonyl (C=O) groups is 2. The van der Waals surface area contributed by atoms with Gasteiger partial charge in [-0.2, -0.15) is 18.2 Å². The van der Waals surface area contributed by atoms with Crippen molar-refractivity contribution in [3.63, 3.8) is 0 Å². The second-order valence-corrected chi connectivity index (χ2v) is 5.98. The smallest absolute Gasteiger partial charge is 0.490 e. The number of nitrogens with one attached hydrogen (secondary N) is 1. The standard InChI is InChI=1S/C18H17N5O3.C2HF3O2/c1-25-16-9-13(7-8-15(16)17-10-20-12-26-17)22-23(11-21-18(19)24)14-5-3-2-4-6-14;3-2(4,5)1(6)7/h2-12,22H,1H3,(H2,19,24);(H,6,7). The molecule has 0 radical (unpaired) electrons. The van der Waals surface area contributed by atoms with Crippen molar-refractivity contribution in [2.45, 2.75) is 6.18 Å². The number of amides is 2. The predicted octanol–water partition coefficient (Wildman–Crippen LogP) is 3.92. The molecule has 3 aromatic rings. The van der Waals surface area contributed by atoms with Crippen molar-refractivity contribution in [2.75, 3.05) is 17.5 Å². The summed E-state index contributed by atoms with van der Waals surface area (Å²) in [4.78, 5) is 27.4. The molecule has 2 amide bonds. The minimum absolute atomic E-state index is 0.601. The molecule has 4 N–H and O–H groups in total. The number of hydrazine groups is 1. The average Bonchev–Trinajstić information content (AvgIpc) is 3.31. The van der Waals surface area contributed by atoms with Crippen LogP contribution in [0.1, 0.15) is 0 Å². The minimum Gasteiger partial charge on any atom is -0.496 e. The Hall–Kier alpha value is -4.55. The van der Waals surface area contributed by atoms with Crippen LogP contribution < -0.4 is 20.9 Å². The molecule has 0 bridgehead atoms. The van der Waals surface area contributed by atoms with Gasteiger partial charge in [-0.25, -0.2) is 19.6 Å². The molecule has 0 saturated carbocycles. The monoisotopic (exact) mass is 465 g/mol. The lowest BCUT2D eigenvalue weighted by molar-refractivity contribution is -0.192. The van der Waals surface area contributed by atoms with Crippen LogP contribution in [-0.2, 0) is 4.79 Å². The summed E-state index contributed by atoms with van der Waals surface area (Å²) in [5.41, 5.74) is 10.5. The summed E-state index contributed by atoms with van der Waals surface area (Å²) >= 11 is 0. The summed E-state index contributed by atoms with van der Waals surface area (Å²) < 4.78 is 42.5. The van der Waals surface area contributed by atoms with Gasteiger partial charge in [0.25, 0.3) is 0 Å². The Morgan fingerprint density at radius 1 is 1.24 bits per heavy atom. The number of carboxylic acids is 1. The Morgan fingerprint density at radius 2 is 1.91 bits per heavy atom. The first-order chi connectivity index (χ1) is 15.6. The third-order valence-corrected chi connectivity index (χ3v) is 3.73. The lowest BCUT2D eigenvalue weighted by Gasteiger charge is -2.22. The molecular formula is C20H18F3N5O5. The molecule has 10 nitrogen and oxygen atoms in total. The minimum atomic E-state index is -5.08. The molecule has 0 unspecified atom stereocenters. The molecule has 0 spiro atoms. The molecule has 2 aromatic carbocycles. The van der Waals surface area contributed by atoms with Crippen molar-refractivity contribution in [3.8, 4) is 17.1 Å². The number of oxazole rings is 1. The molecule has 3 rings (SSSR count). The van der Waals surface area contributed by atoms with Gasteiger partial charge in [0.1, 0.15) is 12.1 Å². The number of carbonyl (C=O) groups excluding carboxylic acids is 1. The molecule has 0 aliphatic carbocycles. The van der Waals surface area contributed by atoms with Crippen molar-refractivity contribution in [2.24, 2.45) is 10.7 Å². The Morgan fingerprint density at radius 3 is 2.42 bits per heavy atom. The van der Waals surface area contributed by atoms with Crippen molar-refractivity contribution < 1.29 is 37.0 Å². The highest BCUT2D eigenvalue weighted by atomic mass is 19.4. The lowest BCUT2D eigenvalue weighted by Crippen LogP contribution is -2.29. The SMILES string of the molecule is COc1cc(NN(C=NC(N)=O)c2ccccc2)ccc1-c1cnco1.O=C(O)C(F)(F)F. The molecule has 0 aliphatic heterocycles. The number of nitrogens with two attached hydrogens (primary N) is 1. The highest BCUT2D eigenvalue weighted by Crippen LogP contribution is 2.32. The average molecular weight is 465 g/mol. The highest BCUT2D eigenvalue weighted by molar-refractivity contribution is 5.90. The van der Waals surface area contributed by atoms with Crippen LogP contribution in [0.4, 0.5) is 29.3 Å². The van der Waals surface area contributed by atoms with Crippen LogP contribution in [0.25, 0.3) is 11.3 Å². The van der Waals surface area contributed by atoms with E-state index in [2.05, 4.69) is 15.4 Å². The Balaban J connectivity index is 0.000000479. The first-order valence-electron chi connectivity index (χ1n) is 8.93. The molecule has 1 heterocycles. The van der Waals surface area contributed by atoms with Crippen molar-refractivity contribution in [3.05, 3.63) is 61.1 Å². The Labute approximate surface area is 185 Å². The van der Waals surface area contributed by atoms with Crippen LogP contribution in [-0.4, -0.2) is 41.7 Å². The van der Waals surface area contributed by atoms with Gasteiger partial charge in [-0.1, -0.05) is 18.2 Å². The second-order valence-electron chi connectivity index (χ2n) is 5.98. The molecule has 13 heteroatoms. The van der Waals surface area contributed by atoms with Crippen LogP contribution in [0.2, 0.25) is 0 Å². The van der Waals surface area contributed by atoms with Gasteiger partial charge in [0, 0.05) is 6.07 Å². The number of methoxy groups -OCH3 is 1. The van der Waals surface area contributed by atoms with E-state index < -0.39 is 18.2 Å². The van der Waals surface area contributed by atoms with Crippen LogP contribution in [0, 0.1) is 0 Å². The number of hydrogen-bond donors (Lipinski definition) is 3. The number of hydrogen-bond acceptors (Lipinski definition) is 6. The summed E-state index contributed by atoms with van der Waals surface area (Å²) in [7, 11) is 1.57. The molecule has 33 heavy (non-hydrogen) atoms. The van der Waals surface area contributed by atoms with E-state index in [1.165, 1.54) is 12.7 Å². The molecular weight excluding hydrogens is 447 g/mol. The number of primary amides is 1. The third-order valence-electron chi connectivity index (χ3n) is 3.73. The normalized spacial score (nSPS) is 10.8. The zero-order valence-corrected chi connectivity index (χ0v) is 17.0. The summed E-state index contributed by atoms with van der Waals surface area (Å²) in [6.45, 7) is 0. The number of alkyl halides is 3. The number of anilines is 2. The third kappa shape index (κ3) is 7.57. The van der Waals surface area contributed by atoms with Gasteiger partial charge >= 0.3 is 18.2 Å². The van der Waals surface area contributed by atoms with Crippen molar-refractivity contribution in [1.29, 1.82) is 0 Å². The zero-order chi connectivity index (χ0) is 24.4. The van der Waals surface area contributed by atoms with Gasteiger partial charge in [-0.05, 0) is 24.3 Å². The summed E-state index contributed by atoms with van der Waals surface area (Å²) in [5.74, 6) is -1.55. The fourth-order valence-electron chi connectivity index (χ4n) is 2.32. The number of aromatic nitrogens is 1. The van der Waals surface area contributed by atoms with E-state index in [1.54, 1.807) is 24.4 Å². The second kappa shape index (κ2) is 11.2. The largest absolute Gasteiger partial charge is 0.496 e. The van der Waals surface area contributed by atoms with E-state index in [0.717, 1.165) is 11.3 Å². The van der Waals surface area contributed by atoms with E-state index in [0.29, 0.717) is 17.2 Å². The van der Waals surface area contributed by atoms with Crippen molar-refractivity contribution in [1.82, 2.24) is 4.98 Å². The van der Waals surface area contributed by atoms with Crippen molar-refractivity contribution >= 4 is 29.7 Å². The van der Waals surface area contributed by atoms with Gasteiger partial charge in [-0.15, -0.1) is 0 Å². The maximum atomic E-state index is 11.0. The van der Waals surface area contributed by atoms with Gasteiger partial charge in [0.15, 0.2) is 12.2 Å². The van der Waals surface area contributed by atoms with Crippen LogP contribution in [0.3, 0.4) is 0 Å². The maximum absolute atomic E-state index is 11.0. The molecule has 0 fully saturated rings. The van der Waals surface area contributed by atoms with E-state index in [-0.39, 0.29) is 0 Å². The molecule has 0 aliphatic rings. The quantitative estimate of drug-likeness (QED) is 0.282. The maximum Gasteiger partial charge on any atom is 0.490 e. The molecule has 0 atom stereocenters. The topological polar surface area (TPSA) is 143 Å². The number of aliphatic carboxylic acids is 1. The molecule has 174 valence electrons. The fourth-order valence-corrected chi connectivity index (χ4v) is 2.32. The van der Waals surface area contributed by atoms with Crippen LogP contribution >= 0.6 is 0 Å². The van der Waals surface area contributed by atoms with Gasteiger partial charge in [0.2, 0.25) is 0 Å². The number of rotatable bonds is 6. The number of aliphatic imine (C=N–C) groups is 1. The highest BCUT2D eigenvalue weighted by Gasteiger charge is 2.38. The van der Waals surface area contributed by atoms with Gasteiger partial charge < -0.3 is 20.0 Å². The summed E-state index contributed by atoms with van der Waals surface area (Å²) in [6.07, 6.45) is -0.798. The van der Waals surface area contributed by atoms with E-state index in [1.807, 2.05) is 42.5 Å². The molecule has 0 saturated heterocycles. The Kier molecular flexibility index (Phi) is 8.37. The predicted molar refractivity (Wildman–Crippen MR) is 113 cm³/mol. The number of halogens is 3. The lowest BCUT2D eigenvalue weighted by atomic mass is 10.1. The summed E-state index contributed by atoms with van der Waals surface area (Å²) in [6, 6.07) is 14.1. The number of carboxylic acid groups (broad SMARTS) is 1. The van der Waals surface area contributed by atoms with E-state index >= 15 is 0 Å². The molecule has 1 aromatic heterocycles. The number of benzene rings is 2. The van der Waals surface area contributed by atoms with Gasteiger partial charge in [-0.3, -0.25) is 5.43 Å². The Bertz CT molecular complexity index is 1090. The van der Waals surface area contributed by atoms with E-state index in [4.69, 9.17) is 24.8 Å². The first-order valence-corrected chi connectivity index (χ1v) is 8.93. The number of nitrogens with zero attached hydrogens (tertiary/aromatic N) is 3. The van der Waals surface area contributed by atoms with E-state index in [9.17, 15) is 18.0 Å². The van der Waals surface area contributed by atoms with Crippen LogP contribution in [0.15, 0.2) is 70.5 Å². The number of urea groups is 1. The summed E-state index contributed by atoms with van der Waals surface area (Å²) in [5, 5.41) is 8.70. The number of ether oxygens (including phenoxy) is 1.